The number of carbonyl (C=O) groups is 2. The predicted molar refractivity (Wildman–Crippen MR) is 102 cm³/mol. The van der Waals surface area contributed by atoms with Gasteiger partial charge in [0.25, 0.3) is 5.91 Å². The van der Waals surface area contributed by atoms with Crippen LogP contribution in [0.25, 0.3) is 0 Å². The van der Waals surface area contributed by atoms with Crippen LogP contribution in [0.15, 0.2) is 41.1 Å². The number of hydrogen-bond acceptors (Lipinski definition) is 5. The molecule has 28 heavy (non-hydrogen) atoms. The van der Waals surface area contributed by atoms with Gasteiger partial charge in [-0.05, 0) is 18.1 Å². The van der Waals surface area contributed by atoms with E-state index in [1.807, 2.05) is 21.9 Å². The molecule has 0 N–H and O–H groups in total. The van der Waals surface area contributed by atoms with Crippen molar-refractivity contribution in [3.05, 3.63) is 53.4 Å². The zero-order valence-electron chi connectivity index (χ0n) is 16.2. The van der Waals surface area contributed by atoms with Gasteiger partial charge in [0.05, 0.1) is 25.3 Å². The van der Waals surface area contributed by atoms with Gasteiger partial charge in [-0.15, -0.1) is 0 Å². The molecule has 2 fully saturated rings. The minimum absolute atomic E-state index is 0.0249. The first kappa shape index (κ1) is 18.7. The van der Waals surface area contributed by atoms with E-state index in [1.54, 1.807) is 13.2 Å². The van der Waals surface area contributed by atoms with Crippen molar-refractivity contribution in [1.82, 2.24) is 15.0 Å². The van der Waals surface area contributed by atoms with Gasteiger partial charge in [-0.25, -0.2) is 0 Å². The van der Waals surface area contributed by atoms with E-state index in [1.165, 1.54) is 6.20 Å². The second-order valence-electron chi connectivity index (χ2n) is 7.60. The second-order valence-corrected chi connectivity index (χ2v) is 7.60. The Balaban J connectivity index is 1.60. The molecule has 2 aromatic rings. The molecule has 2 saturated heterocycles. The molecule has 0 spiro atoms. The van der Waals surface area contributed by atoms with E-state index in [-0.39, 0.29) is 35.5 Å². The molecule has 2 amide bonds. The number of nitrogens with zero attached hydrogens (tertiary/aromatic N) is 3. The van der Waals surface area contributed by atoms with Crippen LogP contribution in [-0.2, 0) is 9.53 Å². The molecular formula is C21H25N3O4. The van der Waals surface area contributed by atoms with Gasteiger partial charge in [0.15, 0.2) is 0 Å². The van der Waals surface area contributed by atoms with Crippen molar-refractivity contribution < 1.29 is 18.8 Å². The van der Waals surface area contributed by atoms with Crippen LogP contribution in [0.1, 0.15) is 34.1 Å². The summed E-state index contributed by atoms with van der Waals surface area (Å²) in [6, 6.07) is 9.77. The van der Waals surface area contributed by atoms with Gasteiger partial charge in [0.2, 0.25) is 11.7 Å². The number of amides is 2. The fraction of sp³-hybridized carbons (Fsp3) is 0.476. The van der Waals surface area contributed by atoms with Crippen molar-refractivity contribution in [1.29, 1.82) is 0 Å². The minimum atomic E-state index is -0.132. The Bertz CT molecular complexity index is 851. The average molecular weight is 383 g/mol. The highest BCUT2D eigenvalue weighted by molar-refractivity contribution is 5.91. The van der Waals surface area contributed by atoms with Crippen molar-refractivity contribution >= 4 is 11.8 Å². The predicted octanol–water partition coefficient (Wildman–Crippen LogP) is 2.29. The lowest BCUT2D eigenvalue weighted by molar-refractivity contribution is -0.133. The summed E-state index contributed by atoms with van der Waals surface area (Å²) in [5.41, 5.74) is 2.33. The molecule has 2 aliphatic rings. The summed E-state index contributed by atoms with van der Waals surface area (Å²) in [4.78, 5) is 29.4. The smallest absolute Gasteiger partial charge is 0.292 e. The molecule has 7 nitrogen and oxygen atoms in total. The van der Waals surface area contributed by atoms with Crippen molar-refractivity contribution in [2.24, 2.45) is 11.8 Å². The third-order valence-electron chi connectivity index (χ3n) is 5.95. The summed E-state index contributed by atoms with van der Waals surface area (Å²) in [6.07, 6.45) is 1.86. The molecule has 0 radical (unpaired) electrons. The van der Waals surface area contributed by atoms with E-state index in [4.69, 9.17) is 9.26 Å². The van der Waals surface area contributed by atoms with E-state index in [2.05, 4.69) is 24.2 Å². The van der Waals surface area contributed by atoms with Crippen LogP contribution in [0.5, 0.6) is 0 Å². The molecule has 0 aliphatic carbocycles. The fourth-order valence-electron chi connectivity index (χ4n) is 4.60. The van der Waals surface area contributed by atoms with Crippen LogP contribution < -0.4 is 0 Å². The Morgan fingerprint density at radius 2 is 2.04 bits per heavy atom. The Morgan fingerprint density at radius 3 is 2.75 bits per heavy atom. The number of likely N-dealkylation sites (tertiary alicyclic amines) is 2. The summed E-state index contributed by atoms with van der Waals surface area (Å²) < 4.78 is 10.1. The number of ether oxygens (including phenoxy) is 1. The normalized spacial score (nSPS) is 23.9. The van der Waals surface area contributed by atoms with Gasteiger partial charge in [0, 0.05) is 44.6 Å². The zero-order valence-corrected chi connectivity index (χ0v) is 16.2. The minimum Gasteiger partial charge on any atom is -0.384 e. The van der Waals surface area contributed by atoms with Crippen LogP contribution in [-0.4, -0.2) is 60.1 Å². The topological polar surface area (TPSA) is 75.9 Å². The third kappa shape index (κ3) is 3.30. The molecule has 0 saturated carbocycles. The first-order chi connectivity index (χ1) is 13.6. The maximum absolute atomic E-state index is 12.9. The average Bonchev–Trinajstić information content (AvgIpc) is 3.42. The first-order valence-electron chi connectivity index (χ1n) is 9.64. The molecule has 148 valence electrons. The van der Waals surface area contributed by atoms with Crippen molar-refractivity contribution in [3.8, 4) is 0 Å². The molecular weight excluding hydrogens is 358 g/mol. The van der Waals surface area contributed by atoms with Gasteiger partial charge in [0.1, 0.15) is 0 Å². The lowest BCUT2D eigenvalue weighted by Gasteiger charge is -2.31. The Morgan fingerprint density at radius 1 is 1.21 bits per heavy atom. The Hall–Kier alpha value is -2.67. The van der Waals surface area contributed by atoms with Crippen molar-refractivity contribution in [2.75, 3.05) is 33.4 Å². The highest BCUT2D eigenvalue weighted by Crippen LogP contribution is 2.46. The number of rotatable bonds is 5. The summed E-state index contributed by atoms with van der Waals surface area (Å²) in [7, 11) is 1.61. The van der Waals surface area contributed by atoms with Gasteiger partial charge >= 0.3 is 0 Å². The highest BCUT2D eigenvalue weighted by atomic mass is 16.5. The molecule has 1 aromatic carbocycles. The number of carbonyl (C=O) groups excluding carboxylic acids is 2. The summed E-state index contributed by atoms with van der Waals surface area (Å²) in [6.45, 7) is 4.39. The standard InChI is InChI=1S/C21H25N3O4/c1-14-5-3-4-6-16(14)20-17-13-23(21(26)18-7-9-22-28-18)11-15(17)12-24(20)19(25)8-10-27-2/h3-7,9,15,17,20H,8,10-13H2,1-2H3/t15-,17-,20+/m0/s1. The van der Waals surface area contributed by atoms with Crippen LogP contribution in [0, 0.1) is 18.8 Å². The number of methoxy groups -OCH3 is 1. The van der Waals surface area contributed by atoms with Crippen molar-refractivity contribution in [3.63, 3.8) is 0 Å². The van der Waals surface area contributed by atoms with E-state index in [0.29, 0.717) is 32.7 Å². The number of aromatic nitrogens is 1. The fourth-order valence-corrected chi connectivity index (χ4v) is 4.60. The molecule has 3 atom stereocenters. The second kappa shape index (κ2) is 7.75. The van der Waals surface area contributed by atoms with Gasteiger partial charge in [-0.3, -0.25) is 9.59 Å². The molecule has 0 unspecified atom stereocenters. The monoisotopic (exact) mass is 383 g/mol. The van der Waals surface area contributed by atoms with Crippen LogP contribution in [0.4, 0.5) is 0 Å². The van der Waals surface area contributed by atoms with E-state index in [0.717, 1.165) is 11.1 Å². The molecule has 3 heterocycles. The lowest BCUT2D eigenvalue weighted by Crippen LogP contribution is -2.37. The Kier molecular flexibility index (Phi) is 5.17. The lowest BCUT2D eigenvalue weighted by atomic mass is 9.87. The molecule has 0 bridgehead atoms. The first-order valence-corrected chi connectivity index (χ1v) is 9.64. The third-order valence-corrected chi connectivity index (χ3v) is 5.95. The summed E-state index contributed by atoms with van der Waals surface area (Å²) in [5, 5.41) is 3.64. The maximum Gasteiger partial charge on any atom is 0.292 e. The zero-order chi connectivity index (χ0) is 19.7. The summed E-state index contributed by atoms with van der Waals surface area (Å²) in [5.74, 6) is 0.702. The number of hydrogen-bond donors (Lipinski definition) is 0. The molecule has 7 heteroatoms. The van der Waals surface area contributed by atoms with Crippen LogP contribution >= 0.6 is 0 Å². The molecule has 1 aromatic heterocycles. The van der Waals surface area contributed by atoms with Gasteiger partial charge in [-0.2, -0.15) is 0 Å². The summed E-state index contributed by atoms with van der Waals surface area (Å²) >= 11 is 0. The number of fused-ring (bicyclic) bond motifs is 1. The quantitative estimate of drug-likeness (QED) is 0.792. The van der Waals surface area contributed by atoms with E-state index >= 15 is 0 Å². The highest BCUT2D eigenvalue weighted by Gasteiger charge is 2.50. The Labute approximate surface area is 164 Å². The van der Waals surface area contributed by atoms with Crippen molar-refractivity contribution in [2.45, 2.75) is 19.4 Å². The maximum atomic E-state index is 12.9. The number of benzene rings is 1. The van der Waals surface area contributed by atoms with Gasteiger partial charge < -0.3 is 19.1 Å². The van der Waals surface area contributed by atoms with Crippen LogP contribution in [0.2, 0.25) is 0 Å². The SMILES string of the molecule is COCCC(=O)N1C[C@@H]2CN(C(=O)c3ccno3)C[C@@H]2[C@H]1c1ccccc1C. The molecule has 4 rings (SSSR count). The van der Waals surface area contributed by atoms with Gasteiger partial charge in [-0.1, -0.05) is 29.4 Å². The molecule has 2 aliphatic heterocycles. The van der Waals surface area contributed by atoms with E-state index < -0.39 is 0 Å². The number of aryl methyl sites for hydroxylation is 1. The largest absolute Gasteiger partial charge is 0.384 e. The van der Waals surface area contributed by atoms with E-state index in [9.17, 15) is 9.59 Å². The van der Waals surface area contributed by atoms with Crippen LogP contribution in [0.3, 0.4) is 0 Å².